The summed E-state index contributed by atoms with van der Waals surface area (Å²) in [7, 11) is 0. The van der Waals surface area contributed by atoms with Crippen molar-refractivity contribution in [2.24, 2.45) is 22.9 Å². The number of piperidine rings is 1. The van der Waals surface area contributed by atoms with Crippen LogP contribution in [0.25, 0.3) is 0 Å². The van der Waals surface area contributed by atoms with Crippen LogP contribution in [0.3, 0.4) is 0 Å². The van der Waals surface area contributed by atoms with Crippen molar-refractivity contribution in [1.82, 2.24) is 4.90 Å². The van der Waals surface area contributed by atoms with Crippen LogP contribution in [-0.4, -0.2) is 41.0 Å². The van der Waals surface area contributed by atoms with Gasteiger partial charge in [-0.3, -0.25) is 0 Å². The van der Waals surface area contributed by atoms with E-state index in [0.717, 1.165) is 19.5 Å². The predicted octanol–water partition coefficient (Wildman–Crippen LogP) is 2.65. The normalized spacial score (nSPS) is 34.4. The highest BCUT2D eigenvalue weighted by Gasteiger charge is 2.60. The minimum atomic E-state index is -0.420. The van der Waals surface area contributed by atoms with Crippen LogP contribution in [0.5, 0.6) is 0 Å². The molecule has 5 heteroatoms. The van der Waals surface area contributed by atoms with E-state index in [0.29, 0.717) is 17.8 Å². The smallest absolute Gasteiger partial charge is 0.410 e. The van der Waals surface area contributed by atoms with Gasteiger partial charge in [0.05, 0.1) is 5.71 Å². The maximum absolute atomic E-state index is 12.0. The minimum absolute atomic E-state index is 0.156. The minimum Gasteiger partial charge on any atom is -0.444 e. The van der Waals surface area contributed by atoms with Crippen molar-refractivity contribution in [2.75, 3.05) is 13.1 Å². The van der Waals surface area contributed by atoms with Gasteiger partial charge in [-0.2, -0.15) is 0 Å². The molecule has 0 spiro atoms. The highest BCUT2D eigenvalue weighted by Crippen LogP contribution is 2.54. The molecule has 1 unspecified atom stereocenters. The topological polar surface area (TPSA) is 51.1 Å². The summed E-state index contributed by atoms with van der Waals surface area (Å²) in [5.41, 5.74) is 0.613. The molecule has 5 nitrogen and oxygen atoms in total. The molecule has 0 aromatic heterocycles. The molecule has 112 valence electrons. The predicted molar refractivity (Wildman–Crippen MR) is 75.5 cm³/mol. The molecule has 3 rings (SSSR count). The molecular weight excluding hydrogens is 256 g/mol. The lowest BCUT2D eigenvalue weighted by molar-refractivity contribution is 0.0123. The summed E-state index contributed by atoms with van der Waals surface area (Å²) in [4.78, 5) is 19.3. The van der Waals surface area contributed by atoms with Gasteiger partial charge in [-0.05, 0) is 46.5 Å². The molecule has 0 radical (unpaired) electrons. The molecule has 3 atom stereocenters. The number of carbonyl (C=O) groups excluding carboxylic acids is 1. The Morgan fingerprint density at radius 3 is 2.40 bits per heavy atom. The Labute approximate surface area is 120 Å². The van der Waals surface area contributed by atoms with Gasteiger partial charge in [-0.1, -0.05) is 5.16 Å². The third-order valence-electron chi connectivity index (χ3n) is 4.25. The molecule has 0 aromatic rings. The monoisotopic (exact) mass is 280 g/mol. The molecule has 20 heavy (non-hydrogen) atoms. The highest BCUT2D eigenvalue weighted by atomic mass is 16.7. The van der Waals surface area contributed by atoms with Crippen molar-refractivity contribution in [3.05, 3.63) is 0 Å². The highest BCUT2D eigenvalue weighted by molar-refractivity contribution is 5.91. The van der Waals surface area contributed by atoms with E-state index in [2.05, 4.69) is 19.0 Å². The van der Waals surface area contributed by atoms with E-state index in [1.165, 1.54) is 5.71 Å². The van der Waals surface area contributed by atoms with Crippen LogP contribution < -0.4 is 0 Å². The Morgan fingerprint density at radius 1 is 1.35 bits per heavy atom. The first-order valence-corrected chi connectivity index (χ1v) is 7.39. The van der Waals surface area contributed by atoms with Crippen LogP contribution in [0.15, 0.2) is 5.16 Å². The summed E-state index contributed by atoms with van der Waals surface area (Å²) in [5.74, 6) is 1.63. The van der Waals surface area contributed by atoms with Crippen LogP contribution in [0, 0.1) is 17.8 Å². The van der Waals surface area contributed by atoms with Gasteiger partial charge in [0.2, 0.25) is 0 Å². The van der Waals surface area contributed by atoms with Crippen molar-refractivity contribution >= 4 is 11.8 Å². The van der Waals surface area contributed by atoms with Gasteiger partial charge in [0, 0.05) is 25.4 Å². The Bertz CT molecular complexity index is 452. The molecule has 0 N–H and O–H groups in total. The Hall–Kier alpha value is -1.26. The van der Waals surface area contributed by atoms with Gasteiger partial charge in [0.15, 0.2) is 0 Å². The Kier molecular flexibility index (Phi) is 2.82. The van der Waals surface area contributed by atoms with E-state index >= 15 is 0 Å². The average Bonchev–Trinajstić information content (AvgIpc) is 2.67. The van der Waals surface area contributed by atoms with Crippen LogP contribution >= 0.6 is 0 Å². The second-order valence-electron chi connectivity index (χ2n) is 7.85. The Balaban J connectivity index is 1.53. The molecule has 2 aliphatic heterocycles. The lowest BCUT2D eigenvalue weighted by Crippen LogP contribution is -2.37. The first kappa shape index (κ1) is 13.7. The SMILES string of the molecule is CC(C)(C)OC(=O)N1C[C@@H]2C(C3=NOC(C)(C)C3)[C@@H]2C1. The summed E-state index contributed by atoms with van der Waals surface area (Å²) < 4.78 is 5.42. The summed E-state index contributed by atoms with van der Waals surface area (Å²) in [6.45, 7) is 11.4. The van der Waals surface area contributed by atoms with Crippen molar-refractivity contribution in [2.45, 2.75) is 52.2 Å². The summed E-state index contributed by atoms with van der Waals surface area (Å²) in [5, 5.41) is 4.24. The van der Waals surface area contributed by atoms with E-state index in [4.69, 9.17) is 9.57 Å². The van der Waals surface area contributed by atoms with Crippen molar-refractivity contribution in [1.29, 1.82) is 0 Å². The standard InChI is InChI=1S/C15H24N2O3/c1-14(2,3)19-13(18)17-7-9-10(8-17)12(9)11-6-15(4,5)20-16-11/h9-10,12H,6-8H2,1-5H3/t9-,10+,12?. The molecule has 1 saturated heterocycles. The largest absolute Gasteiger partial charge is 0.444 e. The quantitative estimate of drug-likeness (QED) is 0.742. The molecule has 1 aliphatic carbocycles. The number of oxime groups is 1. The van der Waals surface area contributed by atoms with Gasteiger partial charge in [-0.15, -0.1) is 0 Å². The van der Waals surface area contributed by atoms with E-state index in [1.807, 2.05) is 25.7 Å². The number of likely N-dealkylation sites (tertiary alicyclic amines) is 1. The maximum atomic E-state index is 12.0. The number of hydrogen-bond acceptors (Lipinski definition) is 4. The molecule has 2 heterocycles. The number of amides is 1. The molecule has 1 saturated carbocycles. The van der Waals surface area contributed by atoms with E-state index < -0.39 is 5.60 Å². The van der Waals surface area contributed by atoms with Crippen LogP contribution in [0.4, 0.5) is 4.79 Å². The van der Waals surface area contributed by atoms with Crippen LogP contribution in [0.1, 0.15) is 41.0 Å². The van der Waals surface area contributed by atoms with Gasteiger partial charge < -0.3 is 14.5 Å². The van der Waals surface area contributed by atoms with E-state index in [-0.39, 0.29) is 11.7 Å². The molecule has 0 bridgehead atoms. The zero-order valence-corrected chi connectivity index (χ0v) is 13.0. The fraction of sp³-hybridized carbons (Fsp3) is 0.867. The number of fused-ring (bicyclic) bond motifs is 1. The number of ether oxygens (including phenoxy) is 1. The third kappa shape index (κ3) is 2.50. The summed E-state index contributed by atoms with van der Waals surface area (Å²) in [6, 6.07) is 0. The first-order valence-electron chi connectivity index (χ1n) is 7.39. The van der Waals surface area contributed by atoms with Crippen LogP contribution in [-0.2, 0) is 9.57 Å². The number of nitrogens with zero attached hydrogens (tertiary/aromatic N) is 2. The van der Waals surface area contributed by atoms with Crippen molar-refractivity contribution in [3.63, 3.8) is 0 Å². The van der Waals surface area contributed by atoms with E-state index in [9.17, 15) is 4.79 Å². The molecule has 3 aliphatic rings. The molecular formula is C15H24N2O3. The average molecular weight is 280 g/mol. The van der Waals surface area contributed by atoms with E-state index in [1.54, 1.807) is 0 Å². The molecule has 0 aromatic carbocycles. The number of rotatable bonds is 1. The zero-order valence-electron chi connectivity index (χ0n) is 13.0. The Morgan fingerprint density at radius 2 is 1.95 bits per heavy atom. The lowest BCUT2D eigenvalue weighted by atomic mass is 9.98. The first-order chi connectivity index (χ1) is 9.16. The van der Waals surface area contributed by atoms with Crippen molar-refractivity contribution in [3.8, 4) is 0 Å². The van der Waals surface area contributed by atoms with Gasteiger partial charge >= 0.3 is 6.09 Å². The van der Waals surface area contributed by atoms with Gasteiger partial charge in [-0.25, -0.2) is 4.79 Å². The maximum Gasteiger partial charge on any atom is 0.410 e. The van der Waals surface area contributed by atoms with Gasteiger partial charge in [0.25, 0.3) is 0 Å². The number of hydrogen-bond donors (Lipinski definition) is 0. The fourth-order valence-corrected chi connectivity index (χ4v) is 3.36. The second-order valence-corrected chi connectivity index (χ2v) is 7.85. The van der Waals surface area contributed by atoms with Gasteiger partial charge in [0.1, 0.15) is 11.2 Å². The number of carbonyl (C=O) groups is 1. The van der Waals surface area contributed by atoms with Crippen molar-refractivity contribution < 1.29 is 14.4 Å². The molecule has 2 fully saturated rings. The lowest BCUT2D eigenvalue weighted by Gasteiger charge is -2.25. The summed E-state index contributed by atoms with van der Waals surface area (Å²) >= 11 is 0. The van der Waals surface area contributed by atoms with Crippen LogP contribution in [0.2, 0.25) is 0 Å². The fourth-order valence-electron chi connectivity index (χ4n) is 3.36. The zero-order chi connectivity index (χ0) is 14.7. The third-order valence-corrected chi connectivity index (χ3v) is 4.25. The molecule has 1 amide bonds. The second kappa shape index (κ2) is 4.12. The summed E-state index contributed by atoms with van der Waals surface area (Å²) in [6.07, 6.45) is 0.727.